The first-order valence-electron chi connectivity index (χ1n) is 11.2. The van der Waals surface area contributed by atoms with Gasteiger partial charge < -0.3 is 5.32 Å². The van der Waals surface area contributed by atoms with E-state index in [-0.39, 0.29) is 11.5 Å². The number of aromatic nitrogens is 5. The maximum absolute atomic E-state index is 14.8. The molecule has 7 nitrogen and oxygen atoms in total. The Morgan fingerprint density at radius 2 is 2.03 bits per heavy atom. The molecule has 3 aromatic heterocycles. The molecule has 0 unspecified atom stereocenters. The van der Waals surface area contributed by atoms with E-state index < -0.39 is 11.7 Å². The molecule has 0 bridgehead atoms. The molecule has 0 spiro atoms. The maximum atomic E-state index is 14.8. The number of aryl methyl sites for hydroxylation is 1. The summed E-state index contributed by atoms with van der Waals surface area (Å²) >= 11 is 0. The lowest BCUT2D eigenvalue weighted by molar-refractivity contribution is 0.102. The largest absolute Gasteiger partial charge is 0.306 e. The summed E-state index contributed by atoms with van der Waals surface area (Å²) in [5.74, 6) is 1.60. The van der Waals surface area contributed by atoms with E-state index in [0.29, 0.717) is 17.6 Å². The molecule has 1 aromatic carbocycles. The standard InChI is InChI=1S/C25H27FN6O/c1-15(2)24-27-10-11-31(24)23-7-5-6-22(28-23)29-25(33)18-13-20(16(3)12-19(18)26)32-14-21(30(32)4)17-8-9-17/h5-7,10-15,17H,8-9H2,1-4H3,(H,28,29,33). The number of nitrogens with zero attached hydrogens (tertiary/aromatic N) is 5. The summed E-state index contributed by atoms with van der Waals surface area (Å²) in [5.41, 5.74) is 2.82. The van der Waals surface area contributed by atoms with Crippen molar-refractivity contribution in [3.63, 3.8) is 0 Å². The minimum Gasteiger partial charge on any atom is -0.306 e. The van der Waals surface area contributed by atoms with Crippen molar-refractivity contribution in [1.29, 1.82) is 0 Å². The van der Waals surface area contributed by atoms with E-state index in [9.17, 15) is 9.18 Å². The number of nitrogens with one attached hydrogen (secondary N) is 1. The Kier molecular flexibility index (Phi) is 5.15. The fourth-order valence-corrected chi connectivity index (χ4v) is 4.17. The summed E-state index contributed by atoms with van der Waals surface area (Å²) in [6, 6.07) is 8.35. The van der Waals surface area contributed by atoms with Crippen molar-refractivity contribution >= 4 is 11.7 Å². The molecule has 5 rings (SSSR count). The Labute approximate surface area is 191 Å². The summed E-state index contributed by atoms with van der Waals surface area (Å²) in [6.07, 6.45) is 8.05. The minimum absolute atomic E-state index is 0.0185. The number of hydrogen-bond donors (Lipinski definition) is 1. The fourth-order valence-electron chi connectivity index (χ4n) is 4.17. The molecule has 0 radical (unpaired) electrons. The van der Waals surface area contributed by atoms with Crippen molar-refractivity contribution in [2.45, 2.75) is 45.4 Å². The van der Waals surface area contributed by atoms with Crippen molar-refractivity contribution < 1.29 is 9.18 Å². The van der Waals surface area contributed by atoms with Gasteiger partial charge >= 0.3 is 0 Å². The first-order valence-corrected chi connectivity index (χ1v) is 11.2. The molecular formula is C25H27FN6O. The third-order valence-electron chi connectivity index (χ3n) is 6.13. The van der Waals surface area contributed by atoms with Gasteiger partial charge in [0.05, 0.1) is 16.9 Å². The zero-order chi connectivity index (χ0) is 23.3. The lowest BCUT2D eigenvalue weighted by atomic mass is 10.1. The van der Waals surface area contributed by atoms with Crippen molar-refractivity contribution in [2.24, 2.45) is 7.05 Å². The zero-order valence-electron chi connectivity index (χ0n) is 19.2. The van der Waals surface area contributed by atoms with Gasteiger partial charge in [0.15, 0.2) is 0 Å². The highest BCUT2D eigenvalue weighted by Crippen LogP contribution is 2.41. The van der Waals surface area contributed by atoms with Crippen molar-refractivity contribution in [2.75, 3.05) is 5.32 Å². The number of carbonyl (C=O) groups excluding carboxylic acids is 1. The van der Waals surface area contributed by atoms with Crippen molar-refractivity contribution in [3.05, 3.63) is 77.4 Å². The number of hydrogen-bond acceptors (Lipinski definition) is 3. The van der Waals surface area contributed by atoms with E-state index in [2.05, 4.69) is 40.0 Å². The van der Waals surface area contributed by atoms with Crippen LogP contribution in [0.2, 0.25) is 0 Å². The van der Waals surface area contributed by atoms with Gasteiger partial charge in [0.1, 0.15) is 23.3 Å². The highest BCUT2D eigenvalue weighted by molar-refractivity contribution is 6.04. The highest BCUT2D eigenvalue weighted by Gasteiger charge is 2.29. The summed E-state index contributed by atoms with van der Waals surface area (Å²) in [6.45, 7) is 5.96. The first-order chi connectivity index (χ1) is 15.8. The van der Waals surface area contributed by atoms with Gasteiger partial charge in [0.2, 0.25) is 0 Å². The van der Waals surface area contributed by atoms with Gasteiger partial charge in [-0.25, -0.2) is 14.4 Å². The third-order valence-corrected chi connectivity index (χ3v) is 6.13. The van der Waals surface area contributed by atoms with Crippen LogP contribution in [0, 0.1) is 12.7 Å². The molecule has 170 valence electrons. The van der Waals surface area contributed by atoms with Crippen LogP contribution in [0.1, 0.15) is 66.0 Å². The zero-order valence-corrected chi connectivity index (χ0v) is 19.2. The number of pyridine rings is 1. The van der Waals surface area contributed by atoms with Gasteiger partial charge in [-0.3, -0.25) is 18.7 Å². The van der Waals surface area contributed by atoms with Crippen LogP contribution < -0.4 is 5.32 Å². The van der Waals surface area contributed by atoms with Crippen LogP contribution in [-0.2, 0) is 7.05 Å². The van der Waals surface area contributed by atoms with E-state index in [4.69, 9.17) is 0 Å². The molecule has 33 heavy (non-hydrogen) atoms. The second-order valence-electron chi connectivity index (χ2n) is 8.96. The van der Waals surface area contributed by atoms with E-state index in [0.717, 1.165) is 17.1 Å². The van der Waals surface area contributed by atoms with Gasteiger partial charge in [-0.15, -0.1) is 0 Å². The summed E-state index contributed by atoms with van der Waals surface area (Å²) in [7, 11) is 1.99. The van der Waals surface area contributed by atoms with Crippen molar-refractivity contribution in [1.82, 2.24) is 23.9 Å². The second kappa shape index (κ2) is 8.03. The van der Waals surface area contributed by atoms with Gasteiger partial charge in [-0.05, 0) is 49.6 Å². The highest BCUT2D eigenvalue weighted by atomic mass is 19.1. The number of halogens is 1. The fraction of sp³-hybridized carbons (Fsp3) is 0.320. The van der Waals surface area contributed by atoms with Crippen LogP contribution in [0.3, 0.4) is 0 Å². The Bertz CT molecular complexity index is 1340. The lowest BCUT2D eigenvalue weighted by Gasteiger charge is -2.25. The molecule has 1 fully saturated rings. The van der Waals surface area contributed by atoms with Crippen LogP contribution in [0.25, 0.3) is 11.5 Å². The topological polar surface area (TPSA) is 69.7 Å². The number of benzene rings is 1. The molecule has 0 atom stereocenters. The Hall–Kier alpha value is -3.68. The van der Waals surface area contributed by atoms with E-state index in [1.54, 1.807) is 24.4 Å². The molecule has 4 aromatic rings. The predicted molar refractivity (Wildman–Crippen MR) is 125 cm³/mol. The minimum atomic E-state index is -0.559. The smallest absolute Gasteiger partial charge is 0.259 e. The molecule has 0 aliphatic heterocycles. The van der Waals surface area contributed by atoms with Gasteiger partial charge in [-0.1, -0.05) is 19.9 Å². The molecule has 8 heteroatoms. The quantitative estimate of drug-likeness (QED) is 0.448. The molecular weight excluding hydrogens is 419 g/mol. The van der Waals surface area contributed by atoms with E-state index >= 15 is 0 Å². The summed E-state index contributed by atoms with van der Waals surface area (Å²) in [5, 5.41) is 2.75. The Morgan fingerprint density at radius 1 is 1.24 bits per heavy atom. The van der Waals surface area contributed by atoms with E-state index in [1.807, 2.05) is 35.5 Å². The normalized spacial score (nSPS) is 13.6. The third kappa shape index (κ3) is 3.86. The molecule has 3 heterocycles. The molecule has 1 aliphatic carbocycles. The number of amides is 1. The predicted octanol–water partition coefficient (Wildman–Crippen LogP) is 5.10. The van der Waals surface area contributed by atoms with Crippen LogP contribution in [0.15, 0.2) is 48.9 Å². The number of carbonyl (C=O) groups is 1. The first kappa shape index (κ1) is 21.2. The Balaban J connectivity index is 1.42. The van der Waals surface area contributed by atoms with Crippen LogP contribution >= 0.6 is 0 Å². The van der Waals surface area contributed by atoms with Gasteiger partial charge in [-0.2, -0.15) is 0 Å². The molecule has 1 N–H and O–H groups in total. The monoisotopic (exact) mass is 446 g/mol. The number of imidazole rings is 1. The molecule has 0 saturated heterocycles. The number of rotatable bonds is 6. The average molecular weight is 447 g/mol. The van der Waals surface area contributed by atoms with Crippen LogP contribution in [0.4, 0.5) is 10.2 Å². The lowest BCUT2D eigenvalue weighted by Crippen LogP contribution is -2.23. The molecule has 1 amide bonds. The SMILES string of the molecule is Cc1cc(F)c(C(=O)Nc2cccc(-n3ccnc3C(C)C)n2)cc1-n1cc(C2CC2)n1C. The van der Waals surface area contributed by atoms with Gasteiger partial charge in [0.25, 0.3) is 5.91 Å². The summed E-state index contributed by atoms with van der Waals surface area (Å²) < 4.78 is 20.7. The van der Waals surface area contributed by atoms with E-state index in [1.165, 1.54) is 24.6 Å². The Morgan fingerprint density at radius 3 is 2.73 bits per heavy atom. The molecule has 1 aliphatic rings. The second-order valence-corrected chi connectivity index (χ2v) is 8.96. The van der Waals surface area contributed by atoms with Gasteiger partial charge in [0, 0.05) is 37.5 Å². The van der Waals surface area contributed by atoms with Crippen LogP contribution in [-0.4, -0.2) is 29.8 Å². The van der Waals surface area contributed by atoms with Crippen molar-refractivity contribution in [3.8, 4) is 11.5 Å². The maximum Gasteiger partial charge on any atom is 0.259 e. The van der Waals surface area contributed by atoms with Crippen LogP contribution in [0.5, 0.6) is 0 Å². The summed E-state index contributed by atoms with van der Waals surface area (Å²) in [4.78, 5) is 21.9. The molecule has 1 saturated carbocycles. The average Bonchev–Trinajstić information content (AvgIpc) is 3.47. The number of anilines is 1.